The van der Waals surface area contributed by atoms with Crippen molar-refractivity contribution >= 4 is 17.3 Å². The molecule has 0 aliphatic carbocycles. The largest absolute Gasteiger partial charge is 0.372 e. The first-order chi connectivity index (χ1) is 12.7. The Hall–Kier alpha value is -3.68. The zero-order valence-electron chi connectivity index (χ0n) is 13.8. The molecule has 130 valence electrons. The number of fused-ring (bicyclic) bond motifs is 1. The Bertz CT molecular complexity index is 1050. The number of anilines is 1. The van der Waals surface area contributed by atoms with Gasteiger partial charge in [-0.2, -0.15) is 14.5 Å². The number of para-hydroxylation sites is 1. The van der Waals surface area contributed by atoms with Crippen molar-refractivity contribution in [3.8, 4) is 5.69 Å². The molecule has 0 aliphatic rings. The first-order valence-corrected chi connectivity index (χ1v) is 8.17. The van der Waals surface area contributed by atoms with Crippen LogP contribution in [-0.4, -0.2) is 30.6 Å². The third kappa shape index (κ3) is 3.00. The van der Waals surface area contributed by atoms with Crippen LogP contribution in [0.2, 0.25) is 0 Å². The summed E-state index contributed by atoms with van der Waals surface area (Å²) >= 11 is 0. The minimum Gasteiger partial charge on any atom is -0.363 e. The van der Waals surface area contributed by atoms with Gasteiger partial charge in [0, 0.05) is 18.8 Å². The van der Waals surface area contributed by atoms with Crippen molar-refractivity contribution in [1.29, 1.82) is 0 Å². The van der Waals surface area contributed by atoms with Gasteiger partial charge in [-0.3, -0.25) is 0 Å². The van der Waals surface area contributed by atoms with Gasteiger partial charge in [0.25, 0.3) is 0 Å². The number of imidazole rings is 1. The number of nitro groups is 1. The number of hydrogen-bond acceptors (Lipinski definition) is 5. The molecular weight excluding hydrogens is 332 g/mol. The lowest BCUT2D eigenvalue weighted by Crippen LogP contribution is -2.07. The van der Waals surface area contributed by atoms with E-state index in [1.165, 1.54) is 4.40 Å². The Morgan fingerprint density at radius 1 is 1.12 bits per heavy atom. The van der Waals surface area contributed by atoms with E-state index in [1.54, 1.807) is 30.6 Å². The highest BCUT2D eigenvalue weighted by atomic mass is 16.6. The molecule has 3 heterocycles. The van der Waals surface area contributed by atoms with Crippen LogP contribution in [0.25, 0.3) is 11.3 Å². The van der Waals surface area contributed by atoms with Gasteiger partial charge in [0.05, 0.1) is 18.1 Å². The van der Waals surface area contributed by atoms with Gasteiger partial charge in [-0.1, -0.05) is 24.3 Å². The van der Waals surface area contributed by atoms with Gasteiger partial charge in [-0.05, 0) is 35.1 Å². The minimum atomic E-state index is -0.421. The second-order valence-electron chi connectivity index (χ2n) is 5.78. The van der Waals surface area contributed by atoms with Gasteiger partial charge >= 0.3 is 5.82 Å². The summed E-state index contributed by atoms with van der Waals surface area (Å²) in [6.45, 7) is 0.519. The fraction of sp³-hybridized carbons (Fsp3) is 0.111. The van der Waals surface area contributed by atoms with E-state index >= 15 is 0 Å². The van der Waals surface area contributed by atoms with Crippen molar-refractivity contribution in [2.75, 3.05) is 11.9 Å². The Kier molecular flexibility index (Phi) is 4.06. The fourth-order valence-electron chi connectivity index (χ4n) is 2.81. The lowest BCUT2D eigenvalue weighted by atomic mass is 10.2. The molecule has 0 saturated heterocycles. The Balaban J connectivity index is 1.47. The molecule has 8 nitrogen and oxygen atoms in total. The van der Waals surface area contributed by atoms with E-state index in [4.69, 9.17) is 0 Å². The van der Waals surface area contributed by atoms with Crippen molar-refractivity contribution in [1.82, 2.24) is 19.2 Å². The number of aromatic nitrogens is 4. The first kappa shape index (κ1) is 15.8. The van der Waals surface area contributed by atoms with Crippen molar-refractivity contribution < 1.29 is 4.92 Å². The maximum Gasteiger partial charge on any atom is 0.372 e. The smallest absolute Gasteiger partial charge is 0.363 e. The van der Waals surface area contributed by atoms with Gasteiger partial charge < -0.3 is 15.4 Å². The predicted octanol–water partition coefficient (Wildman–Crippen LogP) is 3.08. The van der Waals surface area contributed by atoms with Gasteiger partial charge in [-0.15, -0.1) is 0 Å². The van der Waals surface area contributed by atoms with Crippen LogP contribution in [0.15, 0.2) is 67.1 Å². The van der Waals surface area contributed by atoms with Crippen LogP contribution in [0.4, 0.5) is 11.6 Å². The average Bonchev–Trinajstić information content (AvgIpc) is 3.27. The van der Waals surface area contributed by atoms with Crippen molar-refractivity contribution in [3.05, 3.63) is 82.8 Å². The lowest BCUT2D eigenvalue weighted by molar-refractivity contribution is -0.389. The summed E-state index contributed by atoms with van der Waals surface area (Å²) in [4.78, 5) is 15.3. The van der Waals surface area contributed by atoms with E-state index in [0.717, 1.165) is 11.3 Å². The summed E-state index contributed by atoms with van der Waals surface area (Å²) in [6.07, 6.45) is 6.06. The second kappa shape index (κ2) is 6.67. The molecule has 4 aromatic rings. The zero-order chi connectivity index (χ0) is 17.9. The first-order valence-electron chi connectivity index (χ1n) is 8.17. The second-order valence-corrected chi connectivity index (χ2v) is 5.78. The highest BCUT2D eigenvalue weighted by Gasteiger charge is 2.21. The van der Waals surface area contributed by atoms with Crippen LogP contribution in [0.5, 0.6) is 0 Å². The standard InChI is InChI=1S/C18H16N6O2/c25-24(26)18-17(21-16-8-4-5-11-22(16)18)19-10-9-14-12-20-23(13-14)15-6-2-1-3-7-15/h1-8,11-13,19H,9-10H2. The quantitative estimate of drug-likeness (QED) is 0.427. The van der Waals surface area contributed by atoms with E-state index in [2.05, 4.69) is 15.4 Å². The maximum atomic E-state index is 11.4. The Morgan fingerprint density at radius 2 is 1.92 bits per heavy atom. The summed E-state index contributed by atoms with van der Waals surface area (Å²) in [5.41, 5.74) is 2.56. The van der Waals surface area contributed by atoms with Crippen LogP contribution in [-0.2, 0) is 6.42 Å². The number of pyridine rings is 1. The molecule has 0 fully saturated rings. The van der Waals surface area contributed by atoms with E-state index in [1.807, 2.05) is 41.2 Å². The monoisotopic (exact) mass is 348 g/mol. The molecule has 8 heteroatoms. The van der Waals surface area contributed by atoms with Crippen LogP contribution in [0.1, 0.15) is 5.56 Å². The number of benzene rings is 1. The third-order valence-electron chi connectivity index (χ3n) is 4.04. The van der Waals surface area contributed by atoms with Crippen LogP contribution in [0, 0.1) is 10.1 Å². The van der Waals surface area contributed by atoms with Crippen LogP contribution < -0.4 is 5.32 Å². The zero-order valence-corrected chi connectivity index (χ0v) is 13.8. The summed E-state index contributed by atoms with van der Waals surface area (Å²) < 4.78 is 3.28. The third-order valence-corrected chi connectivity index (χ3v) is 4.04. The van der Waals surface area contributed by atoms with E-state index in [-0.39, 0.29) is 11.6 Å². The molecule has 1 N–H and O–H groups in total. The highest BCUT2D eigenvalue weighted by molar-refractivity contribution is 5.62. The molecule has 0 aliphatic heterocycles. The molecule has 0 saturated carbocycles. The molecular formula is C18H16N6O2. The minimum absolute atomic E-state index is 0.0550. The maximum absolute atomic E-state index is 11.4. The highest BCUT2D eigenvalue weighted by Crippen LogP contribution is 2.25. The van der Waals surface area contributed by atoms with Crippen molar-refractivity contribution in [3.63, 3.8) is 0 Å². The molecule has 26 heavy (non-hydrogen) atoms. The molecule has 0 bridgehead atoms. The summed E-state index contributed by atoms with van der Waals surface area (Å²) in [5, 5.41) is 18.8. The SMILES string of the molecule is O=[N+]([O-])c1c(NCCc2cnn(-c3ccccc3)c2)nc2ccccn12. The van der Waals surface area contributed by atoms with E-state index < -0.39 is 4.92 Å². The summed E-state index contributed by atoms with van der Waals surface area (Å²) in [5.74, 6) is 0.220. The number of rotatable bonds is 6. The van der Waals surface area contributed by atoms with Crippen LogP contribution in [0.3, 0.4) is 0 Å². The molecule has 0 unspecified atom stereocenters. The normalized spacial score (nSPS) is 10.9. The number of nitrogens with one attached hydrogen (secondary N) is 1. The van der Waals surface area contributed by atoms with Crippen molar-refractivity contribution in [2.24, 2.45) is 0 Å². The molecule has 0 spiro atoms. The number of nitrogens with zero attached hydrogens (tertiary/aromatic N) is 5. The van der Waals surface area contributed by atoms with Crippen molar-refractivity contribution in [2.45, 2.75) is 6.42 Å². The van der Waals surface area contributed by atoms with Gasteiger partial charge in [0.1, 0.15) is 0 Å². The van der Waals surface area contributed by atoms with E-state index in [0.29, 0.717) is 18.6 Å². The molecule has 0 radical (unpaired) electrons. The molecule has 1 aromatic carbocycles. The fourth-order valence-corrected chi connectivity index (χ4v) is 2.81. The average molecular weight is 348 g/mol. The Morgan fingerprint density at radius 3 is 2.73 bits per heavy atom. The lowest BCUT2D eigenvalue weighted by Gasteiger charge is -2.02. The van der Waals surface area contributed by atoms with Crippen LogP contribution >= 0.6 is 0 Å². The molecule has 0 amide bonds. The summed E-state index contributed by atoms with van der Waals surface area (Å²) in [7, 11) is 0. The molecule has 0 atom stereocenters. The van der Waals surface area contributed by atoms with Gasteiger partial charge in [-0.25, -0.2) is 4.68 Å². The predicted molar refractivity (Wildman–Crippen MR) is 97.6 cm³/mol. The molecule has 3 aromatic heterocycles. The van der Waals surface area contributed by atoms with Gasteiger partial charge in [0.15, 0.2) is 0 Å². The van der Waals surface area contributed by atoms with E-state index in [9.17, 15) is 10.1 Å². The topological polar surface area (TPSA) is 90.3 Å². The molecule has 4 rings (SSSR count). The number of hydrogen-bond donors (Lipinski definition) is 1. The van der Waals surface area contributed by atoms with Gasteiger partial charge in [0.2, 0.25) is 11.5 Å². The summed E-state index contributed by atoms with van der Waals surface area (Å²) in [6, 6.07) is 15.1. The Labute approximate surface area is 148 Å².